The summed E-state index contributed by atoms with van der Waals surface area (Å²) in [6.07, 6.45) is 0. The Morgan fingerprint density at radius 3 is 2.50 bits per heavy atom. The zero-order valence-corrected chi connectivity index (χ0v) is 15.7. The molecule has 0 aliphatic rings. The molecule has 1 aromatic heterocycles. The maximum atomic E-state index is 13.0. The molecule has 0 saturated carbocycles. The van der Waals surface area contributed by atoms with Gasteiger partial charge in [-0.05, 0) is 47.9 Å². The largest absolute Gasteiger partial charge is 0.268 e. The molecule has 3 nitrogen and oxygen atoms in total. The number of rotatable bonds is 5. The number of hydrogen-bond acceptors (Lipinski definition) is 4. The summed E-state index contributed by atoms with van der Waals surface area (Å²) in [4.78, 5) is 17.8. The second-order valence-electron chi connectivity index (χ2n) is 6.15. The molecule has 5 heteroatoms. The Morgan fingerprint density at radius 2 is 1.79 bits per heavy atom. The number of aryl methyl sites for hydroxylation is 1. The van der Waals surface area contributed by atoms with E-state index >= 15 is 0 Å². The second-order valence-corrected chi connectivity index (χ2v) is 8.46. The van der Waals surface area contributed by atoms with Crippen LogP contribution in [-0.4, -0.2) is 15.3 Å². The third-order valence-electron chi connectivity index (χ3n) is 3.57. The van der Waals surface area contributed by atoms with E-state index in [0.29, 0.717) is 11.3 Å². The Kier molecular flexibility index (Phi) is 5.31. The average molecular weight is 357 g/mol. The van der Waals surface area contributed by atoms with Crippen molar-refractivity contribution in [3.05, 3.63) is 64.4 Å². The van der Waals surface area contributed by atoms with Crippen LogP contribution in [0.25, 0.3) is 16.6 Å². The minimum atomic E-state index is -0.0166. The van der Waals surface area contributed by atoms with Gasteiger partial charge in [-0.2, -0.15) is 0 Å². The first-order chi connectivity index (χ1) is 11.6. The van der Waals surface area contributed by atoms with E-state index in [1.54, 1.807) is 26.2 Å². The number of hydrogen-bond donors (Lipinski definition) is 0. The number of aromatic nitrogens is 2. The highest BCUT2D eigenvalue weighted by Gasteiger charge is 2.13. The summed E-state index contributed by atoms with van der Waals surface area (Å²) in [6.45, 7) is 6.42. The molecule has 0 atom stereocenters. The number of benzene rings is 2. The van der Waals surface area contributed by atoms with Crippen molar-refractivity contribution in [1.29, 1.82) is 0 Å². The van der Waals surface area contributed by atoms with Gasteiger partial charge < -0.3 is 0 Å². The molecule has 24 heavy (non-hydrogen) atoms. The van der Waals surface area contributed by atoms with E-state index in [0.717, 1.165) is 22.1 Å². The normalized spacial score (nSPS) is 11.3. The maximum Gasteiger partial charge on any atom is 0.266 e. The fourth-order valence-electron chi connectivity index (χ4n) is 2.31. The van der Waals surface area contributed by atoms with Gasteiger partial charge in [0, 0.05) is 5.75 Å². The van der Waals surface area contributed by atoms with Crippen LogP contribution in [0, 0.1) is 12.8 Å². The Hall–Kier alpha value is -1.72. The lowest BCUT2D eigenvalue weighted by atomic mass is 10.2. The van der Waals surface area contributed by atoms with Crippen molar-refractivity contribution in [3.8, 4) is 5.69 Å². The van der Waals surface area contributed by atoms with E-state index in [2.05, 4.69) is 13.8 Å². The van der Waals surface area contributed by atoms with Gasteiger partial charge in [0.15, 0.2) is 5.16 Å². The van der Waals surface area contributed by atoms with Crippen LogP contribution in [0.3, 0.4) is 0 Å². The lowest BCUT2D eigenvalue weighted by molar-refractivity contribution is 0.752. The van der Waals surface area contributed by atoms with Gasteiger partial charge in [-0.25, -0.2) is 4.98 Å². The molecule has 0 N–H and O–H groups in total. The number of fused-ring (bicyclic) bond motifs is 1. The Bertz CT molecular complexity index is 901. The SMILES string of the molecule is Cc1ccc(-n2c(SSCC(C)C)nc3ccccc3c2=O)cc1. The van der Waals surface area contributed by atoms with Crippen LogP contribution in [0.2, 0.25) is 0 Å². The van der Waals surface area contributed by atoms with E-state index in [9.17, 15) is 4.79 Å². The maximum absolute atomic E-state index is 13.0. The van der Waals surface area contributed by atoms with Gasteiger partial charge in [-0.3, -0.25) is 9.36 Å². The molecule has 0 saturated heterocycles. The molecule has 0 radical (unpaired) electrons. The van der Waals surface area contributed by atoms with E-state index in [-0.39, 0.29) is 5.56 Å². The molecule has 0 fully saturated rings. The van der Waals surface area contributed by atoms with Gasteiger partial charge in [-0.15, -0.1) is 0 Å². The van der Waals surface area contributed by atoms with Crippen molar-refractivity contribution < 1.29 is 0 Å². The third-order valence-corrected chi connectivity index (χ3v) is 6.12. The first-order valence-electron chi connectivity index (χ1n) is 7.94. The lowest BCUT2D eigenvalue weighted by Gasteiger charge is -2.13. The highest BCUT2D eigenvalue weighted by atomic mass is 33.1. The van der Waals surface area contributed by atoms with Crippen LogP contribution in [0.15, 0.2) is 58.5 Å². The van der Waals surface area contributed by atoms with Crippen LogP contribution < -0.4 is 5.56 Å². The highest BCUT2D eigenvalue weighted by Crippen LogP contribution is 2.32. The lowest BCUT2D eigenvalue weighted by Crippen LogP contribution is -2.21. The highest BCUT2D eigenvalue weighted by molar-refractivity contribution is 8.76. The zero-order chi connectivity index (χ0) is 17.1. The molecule has 124 valence electrons. The van der Waals surface area contributed by atoms with Crippen molar-refractivity contribution in [3.63, 3.8) is 0 Å². The van der Waals surface area contributed by atoms with Gasteiger partial charge >= 0.3 is 0 Å². The minimum absolute atomic E-state index is 0.0166. The fraction of sp³-hybridized carbons (Fsp3) is 0.263. The molecule has 3 aromatic rings. The summed E-state index contributed by atoms with van der Waals surface area (Å²) in [7, 11) is 3.31. The van der Waals surface area contributed by atoms with Crippen molar-refractivity contribution in [2.75, 3.05) is 5.75 Å². The molecule has 0 spiro atoms. The number of para-hydroxylation sites is 1. The van der Waals surface area contributed by atoms with Crippen molar-refractivity contribution in [1.82, 2.24) is 9.55 Å². The molecular formula is C19H20N2OS2. The van der Waals surface area contributed by atoms with E-state index < -0.39 is 0 Å². The van der Waals surface area contributed by atoms with Crippen molar-refractivity contribution in [2.45, 2.75) is 25.9 Å². The van der Waals surface area contributed by atoms with Crippen LogP contribution in [-0.2, 0) is 0 Å². The zero-order valence-electron chi connectivity index (χ0n) is 14.0. The third kappa shape index (κ3) is 3.68. The van der Waals surface area contributed by atoms with E-state index in [1.807, 2.05) is 55.5 Å². The van der Waals surface area contributed by atoms with Crippen molar-refractivity contribution in [2.24, 2.45) is 5.92 Å². The smallest absolute Gasteiger partial charge is 0.266 e. The van der Waals surface area contributed by atoms with E-state index in [1.165, 1.54) is 5.56 Å². The van der Waals surface area contributed by atoms with Crippen LogP contribution in [0.1, 0.15) is 19.4 Å². The molecule has 0 aliphatic heterocycles. The van der Waals surface area contributed by atoms with Crippen LogP contribution in [0.5, 0.6) is 0 Å². The summed E-state index contributed by atoms with van der Waals surface area (Å²) >= 11 is 0. The summed E-state index contributed by atoms with van der Waals surface area (Å²) in [6, 6.07) is 15.5. The van der Waals surface area contributed by atoms with Crippen LogP contribution in [0.4, 0.5) is 0 Å². The Morgan fingerprint density at radius 1 is 1.08 bits per heavy atom. The minimum Gasteiger partial charge on any atom is -0.268 e. The van der Waals surface area contributed by atoms with Gasteiger partial charge in [0.2, 0.25) is 0 Å². The van der Waals surface area contributed by atoms with Crippen molar-refractivity contribution >= 4 is 32.5 Å². The van der Waals surface area contributed by atoms with Gasteiger partial charge in [0.05, 0.1) is 16.6 Å². The molecule has 0 amide bonds. The molecule has 0 bridgehead atoms. The number of nitrogens with zero attached hydrogens (tertiary/aromatic N) is 2. The Balaban J connectivity index is 2.14. The van der Waals surface area contributed by atoms with Crippen LogP contribution >= 0.6 is 21.6 Å². The average Bonchev–Trinajstić information content (AvgIpc) is 2.56. The summed E-state index contributed by atoms with van der Waals surface area (Å²) < 4.78 is 1.72. The molecule has 1 heterocycles. The molecule has 0 unspecified atom stereocenters. The van der Waals surface area contributed by atoms with Gasteiger partial charge in [-0.1, -0.05) is 54.5 Å². The predicted octanol–water partition coefficient (Wildman–Crippen LogP) is 5.09. The summed E-state index contributed by atoms with van der Waals surface area (Å²) in [5.74, 6) is 1.61. The predicted molar refractivity (Wildman–Crippen MR) is 105 cm³/mol. The first kappa shape index (κ1) is 17.1. The fourth-order valence-corrected chi connectivity index (χ4v) is 4.83. The topological polar surface area (TPSA) is 34.9 Å². The first-order valence-corrected chi connectivity index (χ1v) is 10.3. The molecule has 2 aromatic carbocycles. The monoisotopic (exact) mass is 356 g/mol. The molecule has 3 rings (SSSR count). The quantitative estimate of drug-likeness (QED) is 0.471. The molecular weight excluding hydrogens is 336 g/mol. The summed E-state index contributed by atoms with van der Waals surface area (Å²) in [5, 5.41) is 1.38. The van der Waals surface area contributed by atoms with E-state index in [4.69, 9.17) is 4.98 Å². The second kappa shape index (κ2) is 7.45. The molecule has 0 aliphatic carbocycles. The standard InChI is InChI=1S/C19H20N2OS2/c1-13(2)12-23-24-19-20-17-7-5-4-6-16(17)18(22)21(19)15-10-8-14(3)9-11-15/h4-11,13H,12H2,1-3H3. The summed E-state index contributed by atoms with van der Waals surface area (Å²) in [5.41, 5.74) is 2.76. The van der Waals surface area contributed by atoms with Gasteiger partial charge in [0.1, 0.15) is 0 Å². The van der Waals surface area contributed by atoms with Gasteiger partial charge in [0.25, 0.3) is 5.56 Å². The Labute approximate surface area is 149 Å².